The number of carbonyl (C=O) groups is 1. The molecule has 0 bridgehead atoms. The van der Waals surface area contributed by atoms with Gasteiger partial charge in [-0.1, -0.05) is 12.6 Å². The van der Waals surface area contributed by atoms with Crippen molar-refractivity contribution in [2.24, 2.45) is 0 Å². The molecule has 0 fully saturated rings. The van der Waals surface area contributed by atoms with Crippen molar-refractivity contribution < 1.29 is 14.6 Å². The van der Waals surface area contributed by atoms with Gasteiger partial charge >= 0.3 is 5.97 Å². The number of rotatable bonds is 4. The van der Waals surface area contributed by atoms with Crippen molar-refractivity contribution in [3.63, 3.8) is 0 Å². The smallest absolute Gasteiger partial charge is 0.335 e. The number of carboxylic acids is 1. The third-order valence-electron chi connectivity index (χ3n) is 2.45. The molecule has 90 valence electrons. The summed E-state index contributed by atoms with van der Waals surface area (Å²) < 4.78 is 5.19. The van der Waals surface area contributed by atoms with E-state index in [1.165, 1.54) is 0 Å². The molecule has 1 aromatic carbocycles. The van der Waals surface area contributed by atoms with Gasteiger partial charge in [0.25, 0.3) is 0 Å². The summed E-state index contributed by atoms with van der Waals surface area (Å²) in [6.07, 6.45) is 1.80. The van der Waals surface area contributed by atoms with Crippen LogP contribution in [-0.4, -0.2) is 18.2 Å². The molecule has 1 N–H and O–H groups in total. The summed E-state index contributed by atoms with van der Waals surface area (Å²) in [5.74, 6) is -0.287. The van der Waals surface area contributed by atoms with E-state index in [2.05, 4.69) is 6.58 Å². The van der Waals surface area contributed by atoms with Gasteiger partial charge in [0.2, 0.25) is 0 Å². The molecule has 0 radical (unpaired) electrons. The van der Waals surface area contributed by atoms with Crippen molar-refractivity contribution in [2.75, 3.05) is 7.11 Å². The van der Waals surface area contributed by atoms with Gasteiger partial charge in [0, 0.05) is 0 Å². The lowest BCUT2D eigenvalue weighted by Gasteiger charge is -2.07. The van der Waals surface area contributed by atoms with E-state index in [4.69, 9.17) is 9.84 Å². The normalized spacial score (nSPS) is 11.1. The Morgan fingerprint density at radius 2 is 2.12 bits per heavy atom. The quantitative estimate of drug-likeness (QED) is 0.640. The van der Waals surface area contributed by atoms with Crippen LogP contribution in [0.1, 0.15) is 28.4 Å². The van der Waals surface area contributed by atoms with Crippen LogP contribution in [0, 0.1) is 6.92 Å². The lowest BCUT2D eigenvalue weighted by atomic mass is 10.0. The molecule has 0 unspecified atom stereocenters. The second-order valence-corrected chi connectivity index (χ2v) is 3.87. The van der Waals surface area contributed by atoms with E-state index >= 15 is 0 Å². The minimum atomic E-state index is -0.936. The van der Waals surface area contributed by atoms with Crippen LogP contribution in [0.2, 0.25) is 0 Å². The lowest BCUT2D eigenvalue weighted by Crippen LogP contribution is -1.98. The first-order chi connectivity index (χ1) is 7.95. The van der Waals surface area contributed by atoms with E-state index in [9.17, 15) is 4.79 Å². The van der Waals surface area contributed by atoms with Gasteiger partial charge in [0.1, 0.15) is 5.76 Å². The Kier molecular flexibility index (Phi) is 4.10. The highest BCUT2D eigenvalue weighted by Crippen LogP contribution is 2.18. The maximum atomic E-state index is 10.9. The van der Waals surface area contributed by atoms with Crippen LogP contribution in [0.5, 0.6) is 0 Å². The standard InChI is InChI=1S/C14H16O3/c1-9(2)13(17-4)8-12-7-11(14(15)16)6-5-10(12)3/h5-8H,1H2,2-4H3,(H,15,16)/b13-8+. The molecule has 0 heterocycles. The summed E-state index contributed by atoms with van der Waals surface area (Å²) in [5, 5.41) is 8.93. The zero-order valence-electron chi connectivity index (χ0n) is 10.3. The van der Waals surface area contributed by atoms with Crippen LogP contribution < -0.4 is 0 Å². The predicted molar refractivity (Wildman–Crippen MR) is 67.9 cm³/mol. The van der Waals surface area contributed by atoms with Crippen molar-refractivity contribution in [1.82, 2.24) is 0 Å². The van der Waals surface area contributed by atoms with Gasteiger partial charge in [-0.15, -0.1) is 0 Å². The highest BCUT2D eigenvalue weighted by atomic mass is 16.5. The molecule has 0 aliphatic rings. The molecule has 0 atom stereocenters. The molecule has 0 amide bonds. The third kappa shape index (κ3) is 3.21. The van der Waals surface area contributed by atoms with E-state index in [0.29, 0.717) is 5.76 Å². The molecule has 0 spiro atoms. The van der Waals surface area contributed by atoms with Crippen LogP contribution in [0.4, 0.5) is 0 Å². The number of aromatic carboxylic acids is 1. The number of hydrogen-bond donors (Lipinski definition) is 1. The Bertz CT molecular complexity index is 484. The molecule has 0 saturated heterocycles. The average molecular weight is 232 g/mol. The van der Waals surface area contributed by atoms with Crippen LogP contribution >= 0.6 is 0 Å². The third-order valence-corrected chi connectivity index (χ3v) is 2.45. The Hall–Kier alpha value is -2.03. The zero-order valence-corrected chi connectivity index (χ0v) is 10.3. The summed E-state index contributed by atoms with van der Waals surface area (Å²) >= 11 is 0. The van der Waals surface area contributed by atoms with E-state index < -0.39 is 5.97 Å². The molecule has 3 heteroatoms. The molecule has 0 aliphatic heterocycles. The summed E-state index contributed by atoms with van der Waals surface area (Å²) in [5.41, 5.74) is 2.88. The van der Waals surface area contributed by atoms with Crippen LogP contribution in [0.15, 0.2) is 36.1 Å². The van der Waals surface area contributed by atoms with Crippen LogP contribution in [0.3, 0.4) is 0 Å². The average Bonchev–Trinajstić information content (AvgIpc) is 2.27. The Morgan fingerprint density at radius 3 is 2.59 bits per heavy atom. The number of hydrogen-bond acceptors (Lipinski definition) is 2. The maximum Gasteiger partial charge on any atom is 0.335 e. The Labute approximate surface area is 101 Å². The largest absolute Gasteiger partial charge is 0.496 e. The van der Waals surface area contributed by atoms with Gasteiger partial charge in [-0.05, 0) is 48.8 Å². The Balaban J connectivity index is 3.25. The van der Waals surface area contributed by atoms with Gasteiger partial charge in [0.05, 0.1) is 12.7 Å². The molecular weight excluding hydrogens is 216 g/mol. The van der Waals surface area contributed by atoms with Gasteiger partial charge < -0.3 is 9.84 Å². The highest BCUT2D eigenvalue weighted by Gasteiger charge is 2.06. The van der Waals surface area contributed by atoms with Crippen molar-refractivity contribution >= 4 is 12.0 Å². The van der Waals surface area contributed by atoms with Crippen LogP contribution in [0.25, 0.3) is 6.08 Å². The molecule has 0 aromatic heterocycles. The van der Waals surface area contributed by atoms with Crippen molar-refractivity contribution in [3.8, 4) is 0 Å². The molecule has 0 saturated carbocycles. The second-order valence-electron chi connectivity index (χ2n) is 3.87. The lowest BCUT2D eigenvalue weighted by molar-refractivity contribution is 0.0697. The fourth-order valence-electron chi connectivity index (χ4n) is 1.43. The molecule has 3 nitrogen and oxygen atoms in total. The Morgan fingerprint density at radius 1 is 1.47 bits per heavy atom. The fraction of sp³-hybridized carbons (Fsp3) is 0.214. The first-order valence-electron chi connectivity index (χ1n) is 5.21. The van der Waals surface area contributed by atoms with Gasteiger partial charge in [0.15, 0.2) is 0 Å². The van der Waals surface area contributed by atoms with E-state index in [1.54, 1.807) is 31.4 Å². The number of methoxy groups -OCH3 is 1. The van der Waals surface area contributed by atoms with Crippen molar-refractivity contribution in [3.05, 3.63) is 52.8 Å². The van der Waals surface area contributed by atoms with Gasteiger partial charge in [-0.3, -0.25) is 0 Å². The highest BCUT2D eigenvalue weighted by molar-refractivity contribution is 5.88. The number of benzene rings is 1. The molecule has 1 aromatic rings. The van der Waals surface area contributed by atoms with Gasteiger partial charge in [-0.25, -0.2) is 4.79 Å². The van der Waals surface area contributed by atoms with E-state index in [0.717, 1.165) is 16.7 Å². The van der Waals surface area contributed by atoms with Crippen molar-refractivity contribution in [1.29, 1.82) is 0 Å². The van der Waals surface area contributed by atoms with E-state index in [-0.39, 0.29) is 5.56 Å². The first-order valence-corrected chi connectivity index (χ1v) is 5.21. The van der Waals surface area contributed by atoms with Gasteiger partial charge in [-0.2, -0.15) is 0 Å². The monoisotopic (exact) mass is 232 g/mol. The summed E-state index contributed by atoms with van der Waals surface area (Å²) in [6.45, 7) is 7.56. The molecular formula is C14H16O3. The number of carboxylic acid groups (broad SMARTS) is 1. The first kappa shape index (κ1) is 13.0. The van der Waals surface area contributed by atoms with Crippen LogP contribution in [-0.2, 0) is 4.74 Å². The molecule has 1 rings (SSSR count). The number of aryl methyl sites for hydroxylation is 1. The summed E-state index contributed by atoms with van der Waals surface area (Å²) in [7, 11) is 1.57. The zero-order chi connectivity index (χ0) is 13.0. The fourth-order valence-corrected chi connectivity index (χ4v) is 1.43. The molecule has 0 aliphatic carbocycles. The predicted octanol–water partition coefficient (Wildman–Crippen LogP) is 3.26. The minimum absolute atomic E-state index is 0.263. The summed E-state index contributed by atoms with van der Waals surface area (Å²) in [6, 6.07) is 4.99. The number of ether oxygens (including phenoxy) is 1. The second kappa shape index (κ2) is 5.34. The maximum absolute atomic E-state index is 10.9. The minimum Gasteiger partial charge on any atom is -0.496 e. The van der Waals surface area contributed by atoms with Crippen molar-refractivity contribution in [2.45, 2.75) is 13.8 Å². The van der Waals surface area contributed by atoms with E-state index in [1.807, 2.05) is 13.8 Å². The number of allylic oxidation sites excluding steroid dienone is 1. The topological polar surface area (TPSA) is 46.5 Å². The SMILES string of the molecule is C=C(C)/C(=C\c1cc(C(=O)O)ccc1C)OC. The summed E-state index contributed by atoms with van der Waals surface area (Å²) in [4.78, 5) is 10.9. The molecule has 17 heavy (non-hydrogen) atoms.